The fourth-order valence-corrected chi connectivity index (χ4v) is 1.25. The van der Waals surface area contributed by atoms with Crippen molar-refractivity contribution < 1.29 is 14.6 Å². The lowest BCUT2D eigenvalue weighted by atomic mass is 10.2. The van der Waals surface area contributed by atoms with E-state index >= 15 is 0 Å². The molecule has 15 heavy (non-hydrogen) atoms. The molecule has 0 amide bonds. The molecule has 0 radical (unpaired) electrons. The van der Waals surface area contributed by atoms with Crippen LogP contribution in [0.4, 0.5) is 5.69 Å². The number of rotatable bonds is 4. The van der Waals surface area contributed by atoms with E-state index in [9.17, 15) is 4.79 Å². The molecule has 0 aromatic heterocycles. The van der Waals surface area contributed by atoms with Crippen molar-refractivity contribution in [1.82, 2.24) is 0 Å². The minimum Gasteiger partial charge on any atom is -0.467 e. The normalized spacial score (nSPS) is 11.9. The quantitative estimate of drug-likeness (QED) is 0.730. The minimum absolute atomic E-state index is 0.0118. The molecule has 0 heterocycles. The van der Waals surface area contributed by atoms with Gasteiger partial charge in [-0.25, -0.2) is 4.79 Å². The number of hydrogen-bond acceptors (Lipinski definition) is 4. The second kappa shape index (κ2) is 5.36. The zero-order valence-corrected chi connectivity index (χ0v) is 8.86. The van der Waals surface area contributed by atoms with E-state index < -0.39 is 6.04 Å². The molecule has 1 aromatic carbocycles. The summed E-state index contributed by atoms with van der Waals surface area (Å²) in [5.41, 5.74) is 1.59. The Balaban J connectivity index is 2.67. The molecular weight excluding hydrogens is 194 g/mol. The molecule has 4 nitrogen and oxygen atoms in total. The average Bonchev–Trinajstić information content (AvgIpc) is 2.28. The van der Waals surface area contributed by atoms with Crippen molar-refractivity contribution in [2.45, 2.75) is 19.6 Å². The van der Waals surface area contributed by atoms with E-state index in [2.05, 4.69) is 10.1 Å². The first kappa shape index (κ1) is 11.5. The average molecular weight is 209 g/mol. The first-order valence-corrected chi connectivity index (χ1v) is 4.71. The Morgan fingerprint density at radius 2 is 2.33 bits per heavy atom. The lowest BCUT2D eigenvalue weighted by Gasteiger charge is -2.13. The zero-order valence-electron chi connectivity index (χ0n) is 8.86. The Kier molecular flexibility index (Phi) is 4.12. The predicted molar refractivity (Wildman–Crippen MR) is 57.5 cm³/mol. The van der Waals surface area contributed by atoms with Gasteiger partial charge in [-0.05, 0) is 24.6 Å². The van der Waals surface area contributed by atoms with Crippen molar-refractivity contribution in [3.05, 3.63) is 29.8 Å². The molecule has 0 bridgehead atoms. The van der Waals surface area contributed by atoms with Gasteiger partial charge in [0.05, 0.1) is 13.7 Å². The lowest BCUT2D eigenvalue weighted by Crippen LogP contribution is -2.27. The predicted octanol–water partition coefficient (Wildman–Crippen LogP) is 1.15. The highest BCUT2D eigenvalue weighted by Gasteiger charge is 2.12. The molecule has 2 N–H and O–H groups in total. The van der Waals surface area contributed by atoms with Crippen LogP contribution < -0.4 is 5.32 Å². The van der Waals surface area contributed by atoms with Gasteiger partial charge in [-0.3, -0.25) is 0 Å². The number of aliphatic hydroxyl groups excluding tert-OH is 1. The maximum atomic E-state index is 11.1. The summed E-state index contributed by atoms with van der Waals surface area (Å²) in [5.74, 6) is -0.315. The molecule has 1 aromatic rings. The molecule has 4 heteroatoms. The fourth-order valence-electron chi connectivity index (χ4n) is 1.25. The highest BCUT2D eigenvalue weighted by molar-refractivity contribution is 5.78. The van der Waals surface area contributed by atoms with Crippen LogP contribution in [-0.2, 0) is 16.1 Å². The summed E-state index contributed by atoms with van der Waals surface area (Å²) in [5, 5.41) is 11.9. The molecule has 1 atom stereocenters. The summed E-state index contributed by atoms with van der Waals surface area (Å²) >= 11 is 0. The smallest absolute Gasteiger partial charge is 0.327 e. The number of carbonyl (C=O) groups is 1. The van der Waals surface area contributed by atoms with Crippen LogP contribution in [0.2, 0.25) is 0 Å². The van der Waals surface area contributed by atoms with Gasteiger partial charge < -0.3 is 15.2 Å². The van der Waals surface area contributed by atoms with Crippen LogP contribution in [0, 0.1) is 0 Å². The number of methoxy groups -OCH3 is 1. The van der Waals surface area contributed by atoms with Crippen molar-refractivity contribution >= 4 is 11.7 Å². The summed E-state index contributed by atoms with van der Waals surface area (Å²) in [6.45, 7) is 1.71. The first-order valence-electron chi connectivity index (χ1n) is 4.71. The summed E-state index contributed by atoms with van der Waals surface area (Å²) in [6.07, 6.45) is 0. The van der Waals surface area contributed by atoms with Gasteiger partial charge in [0.2, 0.25) is 0 Å². The maximum absolute atomic E-state index is 11.1. The molecular formula is C11H15NO3. The van der Waals surface area contributed by atoms with Crippen molar-refractivity contribution in [2.75, 3.05) is 12.4 Å². The van der Waals surface area contributed by atoms with Crippen LogP contribution in [-0.4, -0.2) is 24.2 Å². The minimum atomic E-state index is -0.399. The molecule has 1 rings (SSSR count). The van der Waals surface area contributed by atoms with Gasteiger partial charge in [0.15, 0.2) is 0 Å². The number of carbonyl (C=O) groups excluding carboxylic acids is 1. The largest absolute Gasteiger partial charge is 0.467 e. The molecule has 0 aliphatic rings. The molecule has 1 unspecified atom stereocenters. The number of benzene rings is 1. The molecule has 0 aliphatic carbocycles. The first-order chi connectivity index (χ1) is 7.17. The third kappa shape index (κ3) is 3.25. The van der Waals surface area contributed by atoms with Crippen LogP contribution in [0.25, 0.3) is 0 Å². The number of esters is 1. The van der Waals surface area contributed by atoms with E-state index in [4.69, 9.17) is 5.11 Å². The Bertz CT molecular complexity index is 338. The van der Waals surface area contributed by atoms with Crippen molar-refractivity contribution in [3.63, 3.8) is 0 Å². The zero-order chi connectivity index (χ0) is 11.3. The number of ether oxygens (including phenoxy) is 1. The number of nitrogens with one attached hydrogen (secondary N) is 1. The van der Waals surface area contributed by atoms with Gasteiger partial charge >= 0.3 is 5.97 Å². The van der Waals surface area contributed by atoms with E-state index in [0.29, 0.717) is 0 Å². The molecule has 0 saturated carbocycles. The summed E-state index contributed by atoms with van der Waals surface area (Å²) in [4.78, 5) is 11.1. The van der Waals surface area contributed by atoms with Crippen LogP contribution >= 0.6 is 0 Å². The van der Waals surface area contributed by atoms with E-state index in [-0.39, 0.29) is 12.6 Å². The summed E-state index contributed by atoms with van der Waals surface area (Å²) in [7, 11) is 1.35. The van der Waals surface area contributed by atoms with Gasteiger partial charge in [-0.2, -0.15) is 0 Å². The topological polar surface area (TPSA) is 58.6 Å². The van der Waals surface area contributed by atoms with Gasteiger partial charge in [0.1, 0.15) is 6.04 Å². The summed E-state index contributed by atoms with van der Waals surface area (Å²) in [6, 6.07) is 6.85. The maximum Gasteiger partial charge on any atom is 0.327 e. The van der Waals surface area contributed by atoms with Crippen LogP contribution in [0.15, 0.2) is 24.3 Å². The lowest BCUT2D eigenvalue weighted by molar-refractivity contribution is -0.141. The van der Waals surface area contributed by atoms with Gasteiger partial charge in [0.25, 0.3) is 0 Å². The molecule has 82 valence electrons. The Morgan fingerprint density at radius 3 is 2.93 bits per heavy atom. The molecule has 0 spiro atoms. The molecule has 0 fully saturated rings. The highest BCUT2D eigenvalue weighted by Crippen LogP contribution is 2.11. The number of aliphatic hydroxyl groups is 1. The van der Waals surface area contributed by atoms with Gasteiger partial charge in [-0.15, -0.1) is 0 Å². The van der Waals surface area contributed by atoms with E-state index in [1.807, 2.05) is 18.2 Å². The number of hydrogen-bond donors (Lipinski definition) is 2. The van der Waals surface area contributed by atoms with Crippen LogP contribution in [0.5, 0.6) is 0 Å². The van der Waals surface area contributed by atoms with Crippen molar-refractivity contribution in [1.29, 1.82) is 0 Å². The SMILES string of the molecule is COC(=O)C(C)Nc1cccc(CO)c1. The van der Waals surface area contributed by atoms with Gasteiger partial charge in [-0.1, -0.05) is 12.1 Å². The third-order valence-electron chi connectivity index (χ3n) is 2.05. The monoisotopic (exact) mass is 209 g/mol. The van der Waals surface area contributed by atoms with E-state index in [1.165, 1.54) is 7.11 Å². The van der Waals surface area contributed by atoms with Crippen molar-refractivity contribution in [3.8, 4) is 0 Å². The highest BCUT2D eigenvalue weighted by atomic mass is 16.5. The van der Waals surface area contributed by atoms with Crippen LogP contribution in [0.1, 0.15) is 12.5 Å². The molecule has 0 aliphatic heterocycles. The Labute approximate surface area is 88.9 Å². The Hall–Kier alpha value is -1.55. The van der Waals surface area contributed by atoms with Crippen molar-refractivity contribution in [2.24, 2.45) is 0 Å². The second-order valence-corrected chi connectivity index (χ2v) is 3.25. The molecule has 0 saturated heterocycles. The standard InChI is InChI=1S/C11H15NO3/c1-8(11(14)15-2)12-10-5-3-4-9(6-10)7-13/h3-6,8,12-13H,7H2,1-2H3. The Morgan fingerprint density at radius 1 is 1.60 bits per heavy atom. The number of anilines is 1. The van der Waals surface area contributed by atoms with E-state index in [0.717, 1.165) is 11.3 Å². The van der Waals surface area contributed by atoms with Gasteiger partial charge in [0, 0.05) is 5.69 Å². The second-order valence-electron chi connectivity index (χ2n) is 3.25. The van der Waals surface area contributed by atoms with E-state index in [1.54, 1.807) is 13.0 Å². The third-order valence-corrected chi connectivity index (χ3v) is 2.05. The van der Waals surface area contributed by atoms with Crippen LogP contribution in [0.3, 0.4) is 0 Å². The summed E-state index contributed by atoms with van der Waals surface area (Å²) < 4.78 is 4.59. The fraction of sp³-hybridized carbons (Fsp3) is 0.364.